The molecule has 4 rings (SSSR count). The fourth-order valence-electron chi connectivity index (χ4n) is 4.15. The molecule has 0 unspecified atom stereocenters. The zero-order chi connectivity index (χ0) is 20.5. The molecule has 2 fully saturated rings. The van der Waals surface area contributed by atoms with Crippen LogP contribution in [-0.2, 0) is 11.3 Å². The number of rotatable bonds is 4. The van der Waals surface area contributed by atoms with Crippen LogP contribution in [0.3, 0.4) is 0 Å². The highest BCUT2D eigenvalue weighted by Crippen LogP contribution is 2.27. The number of hydrogen-bond donors (Lipinski definition) is 0. The maximum atomic E-state index is 13.3. The van der Waals surface area contributed by atoms with E-state index in [0.29, 0.717) is 61.7 Å². The first-order valence-corrected chi connectivity index (χ1v) is 10.6. The van der Waals surface area contributed by atoms with Gasteiger partial charge in [-0.2, -0.15) is 9.97 Å². The molecule has 4 heterocycles. The maximum absolute atomic E-state index is 13.3. The first kappa shape index (κ1) is 20.3. The number of ether oxygens (including phenoxy) is 1. The molecule has 2 aliphatic heterocycles. The fraction of sp³-hybridized carbons (Fsp3) is 0.684. The molecule has 2 aromatic heterocycles. The van der Waals surface area contributed by atoms with E-state index < -0.39 is 0 Å². The van der Waals surface area contributed by atoms with Crippen LogP contribution >= 0.6 is 11.6 Å². The molecule has 0 aromatic carbocycles. The molecule has 158 valence electrons. The summed E-state index contributed by atoms with van der Waals surface area (Å²) >= 11 is 6.23. The van der Waals surface area contributed by atoms with Crippen molar-refractivity contribution < 1.29 is 9.53 Å². The minimum Gasteiger partial charge on any atom is -0.378 e. The fourth-order valence-corrected chi connectivity index (χ4v) is 4.31. The molecule has 9 nitrogen and oxygen atoms in total. The Balaban J connectivity index is 1.68. The predicted molar refractivity (Wildman–Crippen MR) is 112 cm³/mol. The zero-order valence-electron chi connectivity index (χ0n) is 17.3. The number of carbonyl (C=O) groups is 1. The quantitative estimate of drug-likeness (QED) is 0.692. The monoisotopic (exact) mass is 421 g/mol. The zero-order valence-corrected chi connectivity index (χ0v) is 18.0. The Morgan fingerprint density at radius 1 is 1.14 bits per heavy atom. The van der Waals surface area contributed by atoms with E-state index in [4.69, 9.17) is 21.3 Å². The summed E-state index contributed by atoms with van der Waals surface area (Å²) in [6, 6.07) is 0.515. The minimum absolute atomic E-state index is 0.0499. The van der Waals surface area contributed by atoms with Crippen LogP contribution in [0.5, 0.6) is 0 Å². The Kier molecular flexibility index (Phi) is 5.89. The molecule has 2 saturated heterocycles. The van der Waals surface area contributed by atoms with Crippen LogP contribution < -0.4 is 4.90 Å². The van der Waals surface area contributed by atoms with Crippen LogP contribution in [0.1, 0.15) is 30.4 Å². The van der Waals surface area contributed by atoms with E-state index >= 15 is 0 Å². The molecular formula is C19H28ClN7O2. The topological polar surface area (TPSA) is 79.6 Å². The molecule has 0 spiro atoms. The van der Waals surface area contributed by atoms with Gasteiger partial charge in [0.1, 0.15) is 0 Å². The van der Waals surface area contributed by atoms with Gasteiger partial charge in [0.15, 0.2) is 17.0 Å². The average molecular weight is 422 g/mol. The number of aryl methyl sites for hydroxylation is 1. The molecule has 2 aliphatic rings. The third kappa shape index (κ3) is 3.91. The highest BCUT2D eigenvalue weighted by Gasteiger charge is 2.30. The Morgan fingerprint density at radius 2 is 1.83 bits per heavy atom. The van der Waals surface area contributed by atoms with E-state index in [0.717, 1.165) is 25.9 Å². The predicted octanol–water partition coefficient (Wildman–Crippen LogP) is 1.50. The number of likely N-dealkylation sites (tertiary alicyclic amines) is 1. The smallest absolute Gasteiger partial charge is 0.289 e. The van der Waals surface area contributed by atoms with E-state index in [2.05, 4.69) is 33.9 Å². The molecule has 29 heavy (non-hydrogen) atoms. The lowest BCUT2D eigenvalue weighted by atomic mass is 10.0. The number of imidazole rings is 1. The lowest BCUT2D eigenvalue weighted by Crippen LogP contribution is -2.45. The first-order chi connectivity index (χ1) is 14.0. The Hall–Kier alpha value is -1.97. The molecule has 0 bridgehead atoms. The lowest BCUT2D eigenvalue weighted by Gasteiger charge is -2.35. The SMILES string of the molecule is CCn1c(C(=O)N2CCC(N(C)C)CC2)nc2c(N3CCOCC3)nc(Cl)nc21. The van der Waals surface area contributed by atoms with Crippen LogP contribution in [-0.4, -0.2) is 94.8 Å². The molecule has 1 amide bonds. The van der Waals surface area contributed by atoms with Crippen LogP contribution in [0.2, 0.25) is 5.28 Å². The van der Waals surface area contributed by atoms with E-state index in [1.807, 2.05) is 16.4 Å². The van der Waals surface area contributed by atoms with Gasteiger partial charge in [-0.05, 0) is 45.5 Å². The number of piperidine rings is 1. The maximum Gasteiger partial charge on any atom is 0.289 e. The molecule has 0 atom stereocenters. The van der Waals surface area contributed by atoms with Crippen molar-refractivity contribution in [3.8, 4) is 0 Å². The summed E-state index contributed by atoms with van der Waals surface area (Å²) in [6.45, 7) is 6.72. The number of carbonyl (C=O) groups excluding carboxylic acids is 1. The van der Waals surface area contributed by atoms with Crippen molar-refractivity contribution in [2.75, 3.05) is 58.4 Å². The summed E-state index contributed by atoms with van der Waals surface area (Å²) in [5.41, 5.74) is 1.24. The van der Waals surface area contributed by atoms with Crippen molar-refractivity contribution in [2.24, 2.45) is 0 Å². The lowest BCUT2D eigenvalue weighted by molar-refractivity contribution is 0.0647. The number of hydrogen-bond acceptors (Lipinski definition) is 7. The summed E-state index contributed by atoms with van der Waals surface area (Å²) in [7, 11) is 4.18. The minimum atomic E-state index is -0.0499. The average Bonchev–Trinajstić information content (AvgIpc) is 3.11. The van der Waals surface area contributed by atoms with Gasteiger partial charge >= 0.3 is 0 Å². The second kappa shape index (κ2) is 8.41. The Labute approximate surface area is 175 Å². The van der Waals surface area contributed by atoms with Crippen molar-refractivity contribution in [3.05, 3.63) is 11.1 Å². The van der Waals surface area contributed by atoms with Crippen LogP contribution in [0.25, 0.3) is 11.2 Å². The molecule has 0 N–H and O–H groups in total. The number of aromatic nitrogens is 4. The van der Waals surface area contributed by atoms with Crippen molar-refractivity contribution in [3.63, 3.8) is 0 Å². The van der Waals surface area contributed by atoms with Crippen LogP contribution in [0.4, 0.5) is 5.82 Å². The molecule has 10 heteroatoms. The Morgan fingerprint density at radius 3 is 2.45 bits per heavy atom. The summed E-state index contributed by atoms with van der Waals surface area (Å²) in [4.78, 5) is 33.1. The standard InChI is InChI=1S/C19H28ClN7O2/c1-4-27-16-14(15(22-19(20)23-16)25-9-11-29-12-10-25)21-17(27)18(28)26-7-5-13(6-8-26)24(2)3/h13H,4-12H2,1-3H3. The van der Waals surface area contributed by atoms with E-state index in [1.165, 1.54) is 0 Å². The van der Waals surface area contributed by atoms with Gasteiger partial charge in [0, 0.05) is 38.8 Å². The van der Waals surface area contributed by atoms with E-state index in [-0.39, 0.29) is 11.2 Å². The van der Waals surface area contributed by atoms with Gasteiger partial charge < -0.3 is 24.0 Å². The Bertz CT molecular complexity index is 886. The van der Waals surface area contributed by atoms with Gasteiger partial charge in [0.05, 0.1) is 13.2 Å². The normalized spacial score (nSPS) is 18.8. The van der Waals surface area contributed by atoms with E-state index in [9.17, 15) is 4.79 Å². The van der Waals surface area contributed by atoms with Crippen molar-refractivity contribution >= 4 is 34.5 Å². The van der Waals surface area contributed by atoms with E-state index in [1.54, 1.807) is 0 Å². The van der Waals surface area contributed by atoms with Gasteiger partial charge in [-0.3, -0.25) is 4.79 Å². The second-order valence-electron chi connectivity index (χ2n) is 7.75. The molecule has 0 aliphatic carbocycles. The van der Waals surface area contributed by atoms with Gasteiger partial charge in [0.25, 0.3) is 5.91 Å². The summed E-state index contributed by atoms with van der Waals surface area (Å²) < 4.78 is 7.30. The highest BCUT2D eigenvalue weighted by molar-refractivity contribution is 6.28. The number of nitrogens with zero attached hydrogens (tertiary/aromatic N) is 7. The van der Waals surface area contributed by atoms with Gasteiger partial charge in [-0.1, -0.05) is 0 Å². The third-order valence-electron chi connectivity index (χ3n) is 5.85. The van der Waals surface area contributed by atoms with Gasteiger partial charge in [-0.25, -0.2) is 4.98 Å². The number of amides is 1. The summed E-state index contributed by atoms with van der Waals surface area (Å²) in [5.74, 6) is 1.04. The number of halogens is 1. The van der Waals surface area contributed by atoms with Gasteiger partial charge in [-0.15, -0.1) is 0 Å². The third-order valence-corrected chi connectivity index (χ3v) is 6.02. The van der Waals surface area contributed by atoms with Crippen molar-refractivity contribution in [2.45, 2.75) is 32.4 Å². The van der Waals surface area contributed by atoms with Gasteiger partial charge in [0.2, 0.25) is 11.1 Å². The molecule has 0 radical (unpaired) electrons. The number of anilines is 1. The number of morpholine rings is 1. The van der Waals surface area contributed by atoms with Crippen molar-refractivity contribution in [1.29, 1.82) is 0 Å². The largest absolute Gasteiger partial charge is 0.378 e. The molecule has 0 saturated carbocycles. The first-order valence-electron chi connectivity index (χ1n) is 10.2. The van der Waals surface area contributed by atoms with Crippen molar-refractivity contribution in [1.82, 2.24) is 29.3 Å². The van der Waals surface area contributed by atoms with Crippen LogP contribution in [0, 0.1) is 0 Å². The van der Waals surface area contributed by atoms with Crippen LogP contribution in [0.15, 0.2) is 0 Å². The highest BCUT2D eigenvalue weighted by atomic mass is 35.5. The molecule has 2 aromatic rings. The summed E-state index contributed by atoms with van der Waals surface area (Å²) in [5, 5.41) is 0.166. The number of fused-ring (bicyclic) bond motifs is 1. The molecular weight excluding hydrogens is 394 g/mol. The summed E-state index contributed by atoms with van der Waals surface area (Å²) in [6.07, 6.45) is 1.94. The second-order valence-corrected chi connectivity index (χ2v) is 8.09.